The predicted octanol–water partition coefficient (Wildman–Crippen LogP) is 2.99. The molecule has 2 atom stereocenters. The molecule has 0 radical (unpaired) electrons. The van der Waals surface area contributed by atoms with Gasteiger partial charge in [-0.15, -0.1) is 0 Å². The van der Waals surface area contributed by atoms with Crippen molar-refractivity contribution >= 4 is 11.8 Å². The van der Waals surface area contributed by atoms with E-state index in [4.69, 9.17) is 9.47 Å². The van der Waals surface area contributed by atoms with Crippen LogP contribution in [0.25, 0.3) is 0 Å². The van der Waals surface area contributed by atoms with Crippen LogP contribution in [-0.2, 0) is 16.1 Å². The highest BCUT2D eigenvalue weighted by Crippen LogP contribution is 2.40. The minimum atomic E-state index is -0.471. The lowest BCUT2D eigenvalue weighted by molar-refractivity contribution is 0.0128. The number of ether oxygens (including phenoxy) is 2. The number of carbonyl (C=O) groups excluding carboxylic acids is 1. The zero-order valence-electron chi connectivity index (χ0n) is 14.6. The highest BCUT2D eigenvalue weighted by Gasteiger charge is 2.42. The monoisotopic (exact) mass is 318 g/mol. The third-order valence-electron chi connectivity index (χ3n) is 4.43. The van der Waals surface area contributed by atoms with Crippen LogP contribution in [0, 0.1) is 0 Å². The Hall–Kier alpha value is -1.75. The van der Waals surface area contributed by atoms with Crippen LogP contribution < -0.4 is 4.90 Å². The first-order valence-corrected chi connectivity index (χ1v) is 8.15. The van der Waals surface area contributed by atoms with E-state index in [1.165, 1.54) is 16.8 Å². The van der Waals surface area contributed by atoms with Gasteiger partial charge in [-0.1, -0.05) is 12.1 Å². The molecule has 0 bridgehead atoms. The molecule has 5 heteroatoms. The van der Waals surface area contributed by atoms with Gasteiger partial charge in [-0.25, -0.2) is 4.79 Å². The number of amides is 1. The summed E-state index contributed by atoms with van der Waals surface area (Å²) in [4.78, 5) is 16.2. The minimum Gasteiger partial charge on any atom is -0.444 e. The Morgan fingerprint density at radius 3 is 2.70 bits per heavy atom. The molecule has 2 aliphatic rings. The minimum absolute atomic E-state index is 0.0624. The molecule has 2 unspecified atom stereocenters. The summed E-state index contributed by atoms with van der Waals surface area (Å²) in [6, 6.07) is 6.37. The van der Waals surface area contributed by atoms with Gasteiger partial charge in [0.2, 0.25) is 0 Å². The molecule has 3 rings (SSSR count). The number of rotatable bonds is 1. The lowest BCUT2D eigenvalue weighted by Gasteiger charge is -2.30. The molecule has 23 heavy (non-hydrogen) atoms. The zero-order chi connectivity index (χ0) is 16.8. The van der Waals surface area contributed by atoms with Gasteiger partial charge >= 0.3 is 6.09 Å². The molecule has 0 aromatic heterocycles. The van der Waals surface area contributed by atoms with Crippen molar-refractivity contribution in [2.45, 2.75) is 45.0 Å². The van der Waals surface area contributed by atoms with Gasteiger partial charge in [0.05, 0.1) is 19.3 Å². The Morgan fingerprint density at radius 2 is 2.04 bits per heavy atom. The topological polar surface area (TPSA) is 42.0 Å². The third kappa shape index (κ3) is 3.15. The molecule has 1 aromatic carbocycles. The second-order valence-corrected chi connectivity index (χ2v) is 7.58. The summed E-state index contributed by atoms with van der Waals surface area (Å²) in [7, 11) is 4.09. The van der Waals surface area contributed by atoms with E-state index < -0.39 is 5.60 Å². The second-order valence-electron chi connectivity index (χ2n) is 7.58. The van der Waals surface area contributed by atoms with E-state index >= 15 is 0 Å². The number of hydrogen-bond donors (Lipinski definition) is 0. The summed E-state index contributed by atoms with van der Waals surface area (Å²) >= 11 is 0. The summed E-state index contributed by atoms with van der Waals surface area (Å²) in [5.41, 5.74) is 3.27. The number of hydrogen-bond acceptors (Lipinski definition) is 4. The van der Waals surface area contributed by atoms with Crippen molar-refractivity contribution in [3.05, 3.63) is 29.3 Å². The van der Waals surface area contributed by atoms with Crippen LogP contribution in [0.4, 0.5) is 10.5 Å². The fourth-order valence-corrected chi connectivity index (χ4v) is 3.42. The van der Waals surface area contributed by atoms with Crippen LogP contribution in [0.1, 0.15) is 37.8 Å². The molecule has 0 aliphatic carbocycles. The number of likely N-dealkylation sites (tertiary alicyclic amines) is 1. The van der Waals surface area contributed by atoms with Crippen LogP contribution in [0.3, 0.4) is 0 Å². The smallest absolute Gasteiger partial charge is 0.410 e. The number of nitrogens with zero attached hydrogens (tertiary/aromatic N) is 2. The molecule has 2 heterocycles. The number of carbonyl (C=O) groups is 1. The molecule has 0 spiro atoms. The molecular weight excluding hydrogens is 292 g/mol. The van der Waals surface area contributed by atoms with Gasteiger partial charge in [0.25, 0.3) is 0 Å². The van der Waals surface area contributed by atoms with Gasteiger partial charge in [0, 0.05) is 37.8 Å². The summed E-state index contributed by atoms with van der Waals surface area (Å²) in [5.74, 6) is 0.228. The van der Waals surface area contributed by atoms with Gasteiger partial charge in [-0.3, -0.25) is 0 Å². The summed E-state index contributed by atoms with van der Waals surface area (Å²) in [5, 5.41) is 0. The van der Waals surface area contributed by atoms with Crippen LogP contribution in [0.5, 0.6) is 0 Å². The Bertz CT molecular complexity index is 607. The maximum absolute atomic E-state index is 12.3. The molecule has 126 valence electrons. The van der Waals surface area contributed by atoms with Crippen molar-refractivity contribution < 1.29 is 14.3 Å². The quantitative estimate of drug-likeness (QED) is 0.798. The standard InChI is InChI=1S/C18H26N2O3/c1-18(2,3)23-17(21)20-9-13-12-7-6-8-15(19(4)5)14(12)11-22-16(13)10-20/h6-8,13,16H,9-11H2,1-5H3. The van der Waals surface area contributed by atoms with Crippen LogP contribution in [0.15, 0.2) is 18.2 Å². The van der Waals surface area contributed by atoms with Gasteiger partial charge < -0.3 is 19.3 Å². The molecule has 1 aromatic rings. The molecule has 1 amide bonds. The predicted molar refractivity (Wildman–Crippen MR) is 89.9 cm³/mol. The first-order chi connectivity index (χ1) is 10.8. The van der Waals surface area contributed by atoms with Crippen molar-refractivity contribution in [3.8, 4) is 0 Å². The van der Waals surface area contributed by atoms with Crippen molar-refractivity contribution in [1.82, 2.24) is 4.90 Å². The largest absolute Gasteiger partial charge is 0.444 e. The van der Waals surface area contributed by atoms with E-state index in [1.54, 1.807) is 4.90 Å². The lowest BCUT2D eigenvalue weighted by Crippen LogP contribution is -2.36. The molecular formula is C18H26N2O3. The third-order valence-corrected chi connectivity index (χ3v) is 4.43. The van der Waals surface area contributed by atoms with Crippen molar-refractivity contribution in [1.29, 1.82) is 0 Å². The molecule has 1 saturated heterocycles. The number of benzene rings is 1. The Balaban J connectivity index is 1.82. The zero-order valence-corrected chi connectivity index (χ0v) is 14.6. The first-order valence-electron chi connectivity index (χ1n) is 8.15. The van der Waals surface area contributed by atoms with E-state index in [1.807, 2.05) is 34.9 Å². The lowest BCUT2D eigenvalue weighted by atomic mass is 9.88. The van der Waals surface area contributed by atoms with Crippen LogP contribution in [-0.4, -0.2) is 49.9 Å². The van der Waals surface area contributed by atoms with Crippen LogP contribution >= 0.6 is 0 Å². The van der Waals surface area contributed by atoms with Crippen molar-refractivity contribution in [2.75, 3.05) is 32.1 Å². The first kappa shape index (κ1) is 16.1. The SMILES string of the molecule is CN(C)c1cccc2c1COC1CN(C(=O)OC(C)(C)C)CC21. The van der Waals surface area contributed by atoms with Gasteiger partial charge in [0.15, 0.2) is 0 Å². The highest BCUT2D eigenvalue weighted by molar-refractivity contribution is 5.69. The van der Waals surface area contributed by atoms with E-state index in [0.29, 0.717) is 19.7 Å². The van der Waals surface area contributed by atoms with Crippen molar-refractivity contribution in [3.63, 3.8) is 0 Å². The fourth-order valence-electron chi connectivity index (χ4n) is 3.42. The maximum atomic E-state index is 12.3. The highest BCUT2D eigenvalue weighted by atomic mass is 16.6. The van der Waals surface area contributed by atoms with Gasteiger partial charge in [-0.2, -0.15) is 0 Å². The van der Waals surface area contributed by atoms with Gasteiger partial charge in [0.1, 0.15) is 5.60 Å². The molecule has 5 nitrogen and oxygen atoms in total. The Labute approximate surface area is 138 Å². The number of anilines is 1. The van der Waals surface area contributed by atoms with Gasteiger partial charge in [-0.05, 0) is 32.4 Å². The normalized spacial score (nSPS) is 23.3. The Kier molecular flexibility index (Phi) is 4.00. The average Bonchev–Trinajstić information content (AvgIpc) is 2.89. The Morgan fingerprint density at radius 1 is 1.30 bits per heavy atom. The van der Waals surface area contributed by atoms with E-state index in [-0.39, 0.29) is 18.1 Å². The number of fused-ring (bicyclic) bond motifs is 3. The van der Waals surface area contributed by atoms with Crippen molar-refractivity contribution in [2.24, 2.45) is 0 Å². The molecule has 1 fully saturated rings. The van der Waals surface area contributed by atoms with Crippen LogP contribution in [0.2, 0.25) is 0 Å². The van der Waals surface area contributed by atoms with E-state index in [0.717, 1.165) is 0 Å². The molecule has 0 N–H and O–H groups in total. The summed E-state index contributed by atoms with van der Waals surface area (Å²) in [6.45, 7) is 7.54. The second kappa shape index (κ2) is 5.71. The summed E-state index contributed by atoms with van der Waals surface area (Å²) < 4.78 is 11.6. The fraction of sp³-hybridized carbons (Fsp3) is 0.611. The molecule has 0 saturated carbocycles. The maximum Gasteiger partial charge on any atom is 0.410 e. The average molecular weight is 318 g/mol. The van der Waals surface area contributed by atoms with E-state index in [9.17, 15) is 4.79 Å². The van der Waals surface area contributed by atoms with E-state index in [2.05, 4.69) is 23.1 Å². The molecule has 2 aliphatic heterocycles. The summed E-state index contributed by atoms with van der Waals surface area (Å²) in [6.07, 6.45) is -0.187.